The van der Waals surface area contributed by atoms with E-state index in [2.05, 4.69) is 29.1 Å². The van der Waals surface area contributed by atoms with Gasteiger partial charge in [0.05, 0.1) is 7.11 Å². The van der Waals surface area contributed by atoms with Crippen molar-refractivity contribution in [2.45, 2.75) is 19.4 Å². The Morgan fingerprint density at radius 2 is 2.21 bits per heavy atom. The lowest BCUT2D eigenvalue weighted by Crippen LogP contribution is -2.21. The predicted octanol–water partition coefficient (Wildman–Crippen LogP) is 3.36. The fraction of sp³-hybridized carbons (Fsp3) is 0.333. The molecular weight excluding hydrogens is 258 g/mol. The molecule has 0 aliphatic carbocycles. The third-order valence-electron chi connectivity index (χ3n) is 3.15. The molecule has 0 bridgehead atoms. The van der Waals surface area contributed by atoms with E-state index in [4.69, 9.17) is 4.74 Å². The molecule has 2 rings (SSSR count). The molecule has 1 unspecified atom stereocenters. The molecule has 102 valence electrons. The smallest absolute Gasteiger partial charge is 0.160 e. The second-order valence-electron chi connectivity index (χ2n) is 4.49. The van der Waals surface area contributed by atoms with Crippen LogP contribution in [0.15, 0.2) is 35.0 Å². The molecule has 1 heterocycles. The van der Waals surface area contributed by atoms with Crippen LogP contribution in [0, 0.1) is 0 Å². The van der Waals surface area contributed by atoms with Gasteiger partial charge in [0, 0.05) is 6.04 Å². The van der Waals surface area contributed by atoms with Crippen molar-refractivity contribution in [3.8, 4) is 11.5 Å². The first-order valence-corrected chi connectivity index (χ1v) is 7.26. The lowest BCUT2D eigenvalue weighted by molar-refractivity contribution is 0.372. The van der Waals surface area contributed by atoms with E-state index in [1.807, 2.05) is 12.1 Å². The predicted molar refractivity (Wildman–Crippen MR) is 79.1 cm³/mol. The Morgan fingerprint density at radius 3 is 2.89 bits per heavy atom. The van der Waals surface area contributed by atoms with E-state index in [9.17, 15) is 5.11 Å². The minimum absolute atomic E-state index is 0.178. The first kappa shape index (κ1) is 13.9. The highest BCUT2D eigenvalue weighted by molar-refractivity contribution is 7.07. The molecule has 1 aromatic heterocycles. The average molecular weight is 277 g/mol. The van der Waals surface area contributed by atoms with Crippen molar-refractivity contribution < 1.29 is 9.84 Å². The van der Waals surface area contributed by atoms with Crippen LogP contribution in [0.1, 0.15) is 24.1 Å². The monoisotopic (exact) mass is 277 g/mol. The fourth-order valence-corrected chi connectivity index (χ4v) is 2.65. The summed E-state index contributed by atoms with van der Waals surface area (Å²) in [5.41, 5.74) is 2.48. The maximum atomic E-state index is 9.57. The third kappa shape index (κ3) is 3.72. The van der Waals surface area contributed by atoms with Gasteiger partial charge in [-0.1, -0.05) is 6.07 Å². The Bertz CT molecular complexity index is 511. The number of methoxy groups -OCH3 is 1. The maximum absolute atomic E-state index is 9.57. The molecule has 3 nitrogen and oxygen atoms in total. The Morgan fingerprint density at radius 1 is 1.37 bits per heavy atom. The fourth-order valence-electron chi connectivity index (χ4n) is 1.95. The lowest BCUT2D eigenvalue weighted by Gasteiger charge is -2.15. The Kier molecular flexibility index (Phi) is 4.82. The van der Waals surface area contributed by atoms with Gasteiger partial charge in [0.25, 0.3) is 0 Å². The van der Waals surface area contributed by atoms with E-state index < -0.39 is 0 Å². The van der Waals surface area contributed by atoms with Crippen molar-refractivity contribution >= 4 is 11.3 Å². The van der Waals surface area contributed by atoms with Crippen LogP contribution in [-0.4, -0.2) is 18.8 Å². The summed E-state index contributed by atoms with van der Waals surface area (Å²) in [6.45, 7) is 3.04. The highest BCUT2D eigenvalue weighted by Gasteiger charge is 2.08. The van der Waals surface area contributed by atoms with E-state index in [0.29, 0.717) is 5.75 Å². The Labute approximate surface area is 117 Å². The van der Waals surface area contributed by atoms with Crippen LogP contribution in [0.25, 0.3) is 0 Å². The highest BCUT2D eigenvalue weighted by Crippen LogP contribution is 2.28. The molecule has 0 saturated carbocycles. The molecular formula is C15H19NO2S. The van der Waals surface area contributed by atoms with Gasteiger partial charge in [0.1, 0.15) is 0 Å². The molecule has 0 saturated heterocycles. The van der Waals surface area contributed by atoms with Crippen molar-refractivity contribution in [2.75, 3.05) is 13.7 Å². The summed E-state index contributed by atoms with van der Waals surface area (Å²) in [7, 11) is 1.56. The van der Waals surface area contributed by atoms with E-state index in [1.165, 1.54) is 5.56 Å². The van der Waals surface area contributed by atoms with Gasteiger partial charge in [0.15, 0.2) is 11.5 Å². The average Bonchev–Trinajstić information content (AvgIpc) is 2.92. The normalized spacial score (nSPS) is 12.3. The number of phenols is 1. The third-order valence-corrected chi connectivity index (χ3v) is 3.88. The molecule has 2 aromatic rings. The highest BCUT2D eigenvalue weighted by atomic mass is 32.1. The zero-order chi connectivity index (χ0) is 13.7. The van der Waals surface area contributed by atoms with Gasteiger partial charge in [-0.25, -0.2) is 0 Å². The molecule has 1 aromatic carbocycles. The van der Waals surface area contributed by atoms with E-state index in [-0.39, 0.29) is 11.8 Å². The topological polar surface area (TPSA) is 41.5 Å². The zero-order valence-electron chi connectivity index (χ0n) is 11.2. The summed E-state index contributed by atoms with van der Waals surface area (Å²) in [6.07, 6.45) is 1.03. The molecule has 0 aliphatic heterocycles. The molecule has 0 spiro atoms. The van der Waals surface area contributed by atoms with Gasteiger partial charge < -0.3 is 15.2 Å². The summed E-state index contributed by atoms with van der Waals surface area (Å²) in [5, 5.41) is 17.3. The van der Waals surface area contributed by atoms with Crippen LogP contribution in [0.5, 0.6) is 11.5 Å². The van der Waals surface area contributed by atoms with Crippen molar-refractivity contribution in [3.05, 3.63) is 46.2 Å². The quantitative estimate of drug-likeness (QED) is 0.850. The maximum Gasteiger partial charge on any atom is 0.160 e. The molecule has 0 aliphatic rings. The number of hydrogen-bond acceptors (Lipinski definition) is 4. The SMILES string of the molecule is COc1cc(C(C)NCCc2ccsc2)ccc1O. The van der Waals surface area contributed by atoms with Crippen molar-refractivity contribution in [1.29, 1.82) is 0 Å². The number of hydrogen-bond donors (Lipinski definition) is 2. The number of phenolic OH excluding ortho intramolecular Hbond substituents is 1. The molecule has 1 atom stereocenters. The van der Waals surface area contributed by atoms with E-state index in [0.717, 1.165) is 18.5 Å². The molecule has 0 radical (unpaired) electrons. The summed E-state index contributed by atoms with van der Waals surface area (Å²) >= 11 is 1.73. The summed E-state index contributed by atoms with van der Waals surface area (Å²) in [6, 6.07) is 7.84. The number of ether oxygens (including phenoxy) is 1. The number of aromatic hydroxyl groups is 1. The van der Waals surface area contributed by atoms with Crippen molar-refractivity contribution in [1.82, 2.24) is 5.32 Å². The minimum Gasteiger partial charge on any atom is -0.504 e. The Balaban J connectivity index is 1.90. The van der Waals surface area contributed by atoms with E-state index in [1.54, 1.807) is 24.5 Å². The second-order valence-corrected chi connectivity index (χ2v) is 5.27. The largest absolute Gasteiger partial charge is 0.504 e. The van der Waals surface area contributed by atoms with Gasteiger partial charge in [-0.05, 0) is 60.0 Å². The Hall–Kier alpha value is -1.52. The van der Waals surface area contributed by atoms with Crippen LogP contribution in [0.4, 0.5) is 0 Å². The molecule has 0 fully saturated rings. The molecule has 19 heavy (non-hydrogen) atoms. The summed E-state index contributed by atoms with van der Waals surface area (Å²) in [4.78, 5) is 0. The van der Waals surface area contributed by atoms with Crippen LogP contribution in [0.3, 0.4) is 0 Å². The summed E-state index contributed by atoms with van der Waals surface area (Å²) in [5.74, 6) is 0.695. The zero-order valence-corrected chi connectivity index (χ0v) is 12.0. The molecule has 2 N–H and O–H groups in total. The van der Waals surface area contributed by atoms with Crippen LogP contribution in [0.2, 0.25) is 0 Å². The lowest BCUT2D eigenvalue weighted by atomic mass is 10.1. The minimum atomic E-state index is 0.178. The number of rotatable bonds is 6. The molecule has 0 amide bonds. The van der Waals surface area contributed by atoms with Gasteiger partial charge in [-0.2, -0.15) is 11.3 Å². The number of nitrogens with one attached hydrogen (secondary N) is 1. The van der Waals surface area contributed by atoms with Crippen molar-refractivity contribution in [2.24, 2.45) is 0 Å². The second kappa shape index (κ2) is 6.59. The van der Waals surface area contributed by atoms with Gasteiger partial charge >= 0.3 is 0 Å². The standard InChI is InChI=1S/C15H19NO2S/c1-11(16-7-5-12-6-8-19-10-12)13-3-4-14(17)15(9-13)18-2/h3-4,6,8-11,16-17H,5,7H2,1-2H3. The van der Waals surface area contributed by atoms with Crippen LogP contribution < -0.4 is 10.1 Å². The number of thiophene rings is 1. The first-order valence-electron chi connectivity index (χ1n) is 6.32. The van der Waals surface area contributed by atoms with Crippen LogP contribution in [-0.2, 0) is 6.42 Å². The first-order chi connectivity index (χ1) is 9.20. The van der Waals surface area contributed by atoms with Gasteiger partial charge in [0.2, 0.25) is 0 Å². The van der Waals surface area contributed by atoms with Gasteiger partial charge in [-0.15, -0.1) is 0 Å². The van der Waals surface area contributed by atoms with Crippen molar-refractivity contribution in [3.63, 3.8) is 0 Å². The van der Waals surface area contributed by atoms with Crippen LogP contribution >= 0.6 is 11.3 Å². The summed E-state index contributed by atoms with van der Waals surface area (Å²) < 4.78 is 5.12. The van der Waals surface area contributed by atoms with Gasteiger partial charge in [-0.3, -0.25) is 0 Å². The molecule has 4 heteroatoms. The number of benzene rings is 1. The van der Waals surface area contributed by atoms with E-state index >= 15 is 0 Å².